The molecule has 0 unspecified atom stereocenters. The second kappa shape index (κ2) is 8.02. The Hall–Kier alpha value is -0.260. The number of hydrogen-bond donors (Lipinski definition) is 0. The third-order valence-electron chi connectivity index (χ3n) is 7.35. The van der Waals surface area contributed by atoms with Gasteiger partial charge in [-0.15, -0.1) is 0 Å². The summed E-state index contributed by atoms with van der Waals surface area (Å²) in [6.07, 6.45) is 27.7. The van der Waals surface area contributed by atoms with Crippen LogP contribution in [0.25, 0.3) is 0 Å². The molecule has 0 nitrogen and oxygen atoms in total. The zero-order valence-electron chi connectivity index (χ0n) is 15.0. The third-order valence-corrected chi connectivity index (χ3v) is 7.35. The van der Waals surface area contributed by atoms with Crippen molar-refractivity contribution in [1.82, 2.24) is 0 Å². The monoisotopic (exact) mass is 302 g/mol. The molecule has 0 amide bonds. The summed E-state index contributed by atoms with van der Waals surface area (Å²) in [6.45, 7) is 2.65. The van der Waals surface area contributed by atoms with Crippen molar-refractivity contribution in [3.63, 3.8) is 0 Å². The Balaban J connectivity index is 1.73. The van der Waals surface area contributed by atoms with Gasteiger partial charge in [-0.2, -0.15) is 0 Å². The molecule has 22 heavy (non-hydrogen) atoms. The van der Waals surface area contributed by atoms with E-state index in [0.29, 0.717) is 5.41 Å². The molecule has 0 aliphatic heterocycles. The molecule has 3 aliphatic rings. The van der Waals surface area contributed by atoms with Gasteiger partial charge in [0.25, 0.3) is 0 Å². The Bertz CT molecular complexity index is 317. The molecule has 0 N–H and O–H groups in total. The van der Waals surface area contributed by atoms with Gasteiger partial charge in [0.2, 0.25) is 0 Å². The third kappa shape index (κ3) is 3.98. The molecule has 126 valence electrons. The molecule has 0 bridgehead atoms. The highest BCUT2D eigenvalue weighted by molar-refractivity contribution is 5.07. The SMILES string of the molecule is CC(/C=C/C1CCCCC1)(C1CCCCC1)C1CCCCC1. The molecule has 0 spiro atoms. The summed E-state index contributed by atoms with van der Waals surface area (Å²) in [6, 6.07) is 0. The molecule has 3 fully saturated rings. The van der Waals surface area contributed by atoms with E-state index in [0.717, 1.165) is 17.8 Å². The first-order valence-corrected chi connectivity index (χ1v) is 10.5. The van der Waals surface area contributed by atoms with Crippen LogP contribution in [-0.2, 0) is 0 Å². The van der Waals surface area contributed by atoms with Crippen molar-refractivity contribution in [2.24, 2.45) is 23.2 Å². The maximum atomic E-state index is 2.76. The van der Waals surface area contributed by atoms with Crippen molar-refractivity contribution >= 4 is 0 Å². The molecule has 0 heteroatoms. The van der Waals surface area contributed by atoms with E-state index in [2.05, 4.69) is 19.1 Å². The van der Waals surface area contributed by atoms with Gasteiger partial charge in [0.05, 0.1) is 0 Å². The van der Waals surface area contributed by atoms with E-state index < -0.39 is 0 Å². The van der Waals surface area contributed by atoms with Gasteiger partial charge in [-0.25, -0.2) is 0 Å². The van der Waals surface area contributed by atoms with Crippen molar-refractivity contribution in [1.29, 1.82) is 0 Å². The Morgan fingerprint density at radius 2 is 1.00 bits per heavy atom. The summed E-state index contributed by atoms with van der Waals surface area (Å²) in [7, 11) is 0. The van der Waals surface area contributed by atoms with Crippen LogP contribution in [0.1, 0.15) is 103 Å². The maximum absolute atomic E-state index is 2.76. The van der Waals surface area contributed by atoms with Gasteiger partial charge in [-0.1, -0.05) is 76.9 Å². The summed E-state index contributed by atoms with van der Waals surface area (Å²) in [5, 5.41) is 0. The molecule has 0 aromatic carbocycles. The van der Waals surface area contributed by atoms with Crippen LogP contribution in [0.3, 0.4) is 0 Å². The highest BCUT2D eigenvalue weighted by Gasteiger charge is 2.39. The van der Waals surface area contributed by atoms with E-state index in [-0.39, 0.29) is 0 Å². The molecule has 0 radical (unpaired) electrons. The number of allylic oxidation sites excluding steroid dienone is 2. The zero-order chi connectivity index (χ0) is 15.3. The van der Waals surface area contributed by atoms with Gasteiger partial charge in [0.1, 0.15) is 0 Å². The first-order valence-electron chi connectivity index (χ1n) is 10.5. The standard InChI is InChI=1S/C22H38/c1-22(20-13-7-3-8-14-20,21-15-9-4-10-16-21)18-17-19-11-5-2-6-12-19/h17-21H,2-16H2,1H3/b18-17+. The second-order valence-electron chi connectivity index (χ2n) is 8.79. The van der Waals surface area contributed by atoms with E-state index in [1.807, 2.05) is 0 Å². The van der Waals surface area contributed by atoms with E-state index in [9.17, 15) is 0 Å². The second-order valence-corrected chi connectivity index (χ2v) is 8.79. The van der Waals surface area contributed by atoms with Crippen LogP contribution < -0.4 is 0 Å². The summed E-state index contributed by atoms with van der Waals surface area (Å²) in [4.78, 5) is 0. The summed E-state index contributed by atoms with van der Waals surface area (Å²) < 4.78 is 0. The molecular formula is C22H38. The van der Waals surface area contributed by atoms with Gasteiger partial charge in [-0.3, -0.25) is 0 Å². The molecule has 3 rings (SSSR count). The normalized spacial score (nSPS) is 27.5. The number of hydrogen-bond acceptors (Lipinski definition) is 0. The Kier molecular flexibility index (Phi) is 6.05. The number of rotatable bonds is 4. The molecule has 0 aromatic rings. The largest absolute Gasteiger partial charge is 0.0849 e. The molecule has 0 heterocycles. The molecule has 0 aromatic heterocycles. The zero-order valence-corrected chi connectivity index (χ0v) is 15.0. The van der Waals surface area contributed by atoms with Crippen LogP contribution in [-0.4, -0.2) is 0 Å². The minimum absolute atomic E-state index is 0.512. The lowest BCUT2D eigenvalue weighted by atomic mass is 9.59. The van der Waals surface area contributed by atoms with Crippen LogP contribution >= 0.6 is 0 Å². The van der Waals surface area contributed by atoms with E-state index in [4.69, 9.17) is 0 Å². The quantitative estimate of drug-likeness (QED) is 0.478. The average Bonchev–Trinajstić information content (AvgIpc) is 2.62. The van der Waals surface area contributed by atoms with Gasteiger partial charge < -0.3 is 0 Å². The van der Waals surface area contributed by atoms with Crippen molar-refractivity contribution < 1.29 is 0 Å². The highest BCUT2D eigenvalue weighted by atomic mass is 14.4. The summed E-state index contributed by atoms with van der Waals surface area (Å²) in [5.41, 5.74) is 0.512. The van der Waals surface area contributed by atoms with Crippen LogP contribution in [0.2, 0.25) is 0 Å². The smallest absolute Gasteiger partial charge is 0.00899 e. The Morgan fingerprint density at radius 1 is 0.591 bits per heavy atom. The summed E-state index contributed by atoms with van der Waals surface area (Å²) in [5.74, 6) is 2.86. The lowest BCUT2D eigenvalue weighted by Crippen LogP contribution is -2.36. The lowest BCUT2D eigenvalue weighted by Gasteiger charge is -2.45. The van der Waals surface area contributed by atoms with Crippen LogP contribution in [0.5, 0.6) is 0 Å². The maximum Gasteiger partial charge on any atom is -0.00899 e. The van der Waals surface area contributed by atoms with Crippen LogP contribution in [0.4, 0.5) is 0 Å². The fourth-order valence-electron chi connectivity index (χ4n) is 5.72. The highest BCUT2D eigenvalue weighted by Crippen LogP contribution is 2.50. The van der Waals surface area contributed by atoms with Crippen molar-refractivity contribution in [3.05, 3.63) is 12.2 Å². The van der Waals surface area contributed by atoms with Crippen LogP contribution in [0.15, 0.2) is 12.2 Å². The first kappa shape index (κ1) is 16.6. The predicted molar refractivity (Wildman–Crippen MR) is 97.0 cm³/mol. The molecular weight excluding hydrogens is 264 g/mol. The average molecular weight is 303 g/mol. The van der Waals surface area contributed by atoms with Crippen molar-refractivity contribution in [3.8, 4) is 0 Å². The molecule has 3 saturated carbocycles. The van der Waals surface area contributed by atoms with E-state index >= 15 is 0 Å². The van der Waals surface area contributed by atoms with Gasteiger partial charge >= 0.3 is 0 Å². The topological polar surface area (TPSA) is 0 Å². The molecule has 0 saturated heterocycles. The first-order chi connectivity index (χ1) is 10.8. The van der Waals surface area contributed by atoms with Crippen molar-refractivity contribution in [2.45, 2.75) is 103 Å². The Morgan fingerprint density at radius 3 is 1.45 bits per heavy atom. The minimum atomic E-state index is 0.512. The van der Waals surface area contributed by atoms with Crippen molar-refractivity contribution in [2.75, 3.05) is 0 Å². The molecule has 3 aliphatic carbocycles. The summed E-state index contributed by atoms with van der Waals surface area (Å²) >= 11 is 0. The van der Waals surface area contributed by atoms with Gasteiger partial charge in [0.15, 0.2) is 0 Å². The molecule has 0 atom stereocenters. The fourth-order valence-corrected chi connectivity index (χ4v) is 5.72. The Labute approximate surface area is 139 Å². The lowest BCUT2D eigenvalue weighted by molar-refractivity contribution is 0.0864. The van der Waals surface area contributed by atoms with E-state index in [1.165, 1.54) is 96.3 Å². The fraction of sp³-hybridized carbons (Fsp3) is 0.909. The van der Waals surface area contributed by atoms with Gasteiger partial charge in [-0.05, 0) is 61.7 Å². The van der Waals surface area contributed by atoms with E-state index in [1.54, 1.807) is 0 Å². The predicted octanol–water partition coefficient (Wildman–Crippen LogP) is 7.29. The van der Waals surface area contributed by atoms with Crippen LogP contribution in [0, 0.1) is 23.2 Å². The minimum Gasteiger partial charge on any atom is -0.0849 e. The van der Waals surface area contributed by atoms with Gasteiger partial charge in [0, 0.05) is 0 Å².